The van der Waals surface area contributed by atoms with Gasteiger partial charge < -0.3 is 9.63 Å². The molecule has 0 aliphatic carbocycles. The van der Waals surface area contributed by atoms with Crippen molar-refractivity contribution in [2.45, 2.75) is 20.3 Å². The van der Waals surface area contributed by atoms with Crippen molar-refractivity contribution >= 4 is 17.3 Å². The molecule has 0 saturated carbocycles. The molecule has 0 fully saturated rings. The van der Waals surface area contributed by atoms with Crippen LogP contribution in [0.3, 0.4) is 0 Å². The van der Waals surface area contributed by atoms with Crippen LogP contribution in [0.15, 0.2) is 22.0 Å². The Kier molecular flexibility index (Phi) is 3.28. The van der Waals surface area contributed by atoms with E-state index in [1.807, 2.05) is 31.4 Å². The van der Waals surface area contributed by atoms with E-state index in [4.69, 9.17) is 4.52 Å². The van der Waals surface area contributed by atoms with Crippen molar-refractivity contribution in [1.29, 1.82) is 0 Å². The fourth-order valence-electron chi connectivity index (χ4n) is 1.64. The quantitative estimate of drug-likeness (QED) is 0.905. The highest BCUT2D eigenvalue weighted by Gasteiger charge is 2.24. The standard InChI is InChI=1S/C12H13NO3S/c1-7(2)6-8-10(12(14)15)11(13-16-8)9-4-3-5-17-9/h3-5,7H,6H2,1-2H3,(H,14,15). The molecule has 2 aromatic rings. The van der Waals surface area contributed by atoms with E-state index in [1.165, 1.54) is 11.3 Å². The largest absolute Gasteiger partial charge is 0.477 e. The lowest BCUT2D eigenvalue weighted by Crippen LogP contribution is -2.03. The summed E-state index contributed by atoms with van der Waals surface area (Å²) in [5.41, 5.74) is 0.629. The summed E-state index contributed by atoms with van der Waals surface area (Å²) in [4.78, 5) is 12.1. The Morgan fingerprint density at radius 3 is 2.88 bits per heavy atom. The van der Waals surface area contributed by atoms with Crippen LogP contribution < -0.4 is 0 Å². The van der Waals surface area contributed by atoms with E-state index in [9.17, 15) is 9.90 Å². The monoisotopic (exact) mass is 251 g/mol. The maximum atomic E-state index is 11.3. The summed E-state index contributed by atoms with van der Waals surface area (Å²) < 4.78 is 5.17. The summed E-state index contributed by atoms with van der Waals surface area (Å²) >= 11 is 1.45. The normalized spacial score (nSPS) is 11.0. The Bertz CT molecular complexity index is 514. The van der Waals surface area contributed by atoms with E-state index in [1.54, 1.807) is 0 Å². The number of aromatic carboxylic acids is 1. The van der Waals surface area contributed by atoms with E-state index in [2.05, 4.69) is 5.16 Å². The maximum Gasteiger partial charge on any atom is 0.341 e. The first kappa shape index (κ1) is 11.9. The number of carbonyl (C=O) groups is 1. The van der Waals surface area contributed by atoms with Gasteiger partial charge in [-0.15, -0.1) is 11.3 Å². The van der Waals surface area contributed by atoms with Gasteiger partial charge in [0.05, 0.1) is 4.88 Å². The van der Waals surface area contributed by atoms with E-state index < -0.39 is 5.97 Å². The van der Waals surface area contributed by atoms with Gasteiger partial charge in [-0.3, -0.25) is 0 Å². The third-order valence-corrected chi connectivity index (χ3v) is 3.20. The lowest BCUT2D eigenvalue weighted by Gasteiger charge is -2.01. The Balaban J connectivity index is 2.47. The van der Waals surface area contributed by atoms with Crippen molar-refractivity contribution in [2.24, 2.45) is 5.92 Å². The lowest BCUT2D eigenvalue weighted by atomic mass is 10.0. The first-order chi connectivity index (χ1) is 8.09. The van der Waals surface area contributed by atoms with E-state index >= 15 is 0 Å². The third kappa shape index (κ3) is 2.39. The molecule has 0 aromatic carbocycles. The fraction of sp³-hybridized carbons (Fsp3) is 0.333. The highest BCUT2D eigenvalue weighted by molar-refractivity contribution is 7.13. The first-order valence-corrected chi connectivity index (χ1v) is 6.23. The van der Waals surface area contributed by atoms with Gasteiger partial charge in [-0.1, -0.05) is 25.1 Å². The van der Waals surface area contributed by atoms with Crippen molar-refractivity contribution in [3.8, 4) is 10.6 Å². The first-order valence-electron chi connectivity index (χ1n) is 5.35. The number of carboxylic acids is 1. The molecule has 0 unspecified atom stereocenters. The highest BCUT2D eigenvalue weighted by Crippen LogP contribution is 2.30. The van der Waals surface area contributed by atoms with Crippen LogP contribution >= 0.6 is 11.3 Å². The zero-order chi connectivity index (χ0) is 12.4. The number of rotatable bonds is 4. The van der Waals surface area contributed by atoms with Crippen LogP contribution in [0.2, 0.25) is 0 Å². The van der Waals surface area contributed by atoms with Gasteiger partial charge in [0.1, 0.15) is 11.3 Å². The van der Waals surface area contributed by atoms with E-state index in [0.717, 1.165) is 4.88 Å². The van der Waals surface area contributed by atoms with Gasteiger partial charge in [-0.05, 0) is 17.4 Å². The van der Waals surface area contributed by atoms with Crippen molar-refractivity contribution in [1.82, 2.24) is 5.16 Å². The van der Waals surface area contributed by atoms with Crippen LogP contribution in [0.5, 0.6) is 0 Å². The molecule has 0 saturated heterocycles. The summed E-state index contributed by atoms with van der Waals surface area (Å²) in [6, 6.07) is 3.70. The Morgan fingerprint density at radius 1 is 1.59 bits per heavy atom. The van der Waals surface area contributed by atoms with Gasteiger partial charge in [-0.25, -0.2) is 4.79 Å². The van der Waals surface area contributed by atoms with Gasteiger partial charge in [0.25, 0.3) is 0 Å². The van der Waals surface area contributed by atoms with E-state index in [0.29, 0.717) is 23.8 Å². The number of nitrogens with zero attached hydrogens (tertiary/aromatic N) is 1. The Labute approximate surface area is 103 Å². The number of hydrogen-bond acceptors (Lipinski definition) is 4. The molecule has 0 bridgehead atoms. The predicted octanol–water partition coefficient (Wildman–Crippen LogP) is 3.30. The van der Waals surface area contributed by atoms with Crippen LogP contribution in [0, 0.1) is 5.92 Å². The summed E-state index contributed by atoms with van der Waals surface area (Å²) in [6.45, 7) is 4.03. The van der Waals surface area contributed by atoms with Gasteiger partial charge in [0, 0.05) is 6.42 Å². The Hall–Kier alpha value is -1.62. The molecule has 0 aliphatic rings. The zero-order valence-corrected chi connectivity index (χ0v) is 10.5. The third-order valence-electron chi connectivity index (χ3n) is 2.32. The van der Waals surface area contributed by atoms with Crippen LogP contribution in [0.4, 0.5) is 0 Å². The molecule has 90 valence electrons. The van der Waals surface area contributed by atoms with Gasteiger partial charge >= 0.3 is 5.97 Å². The van der Waals surface area contributed by atoms with Crippen molar-refractivity contribution in [3.63, 3.8) is 0 Å². The summed E-state index contributed by atoms with van der Waals surface area (Å²) in [5.74, 6) is -0.196. The minimum absolute atomic E-state index is 0.196. The second-order valence-electron chi connectivity index (χ2n) is 4.21. The van der Waals surface area contributed by atoms with Crippen LogP contribution in [-0.2, 0) is 6.42 Å². The molecule has 0 amide bonds. The number of hydrogen-bond donors (Lipinski definition) is 1. The fourth-order valence-corrected chi connectivity index (χ4v) is 2.35. The lowest BCUT2D eigenvalue weighted by molar-refractivity contribution is 0.0695. The van der Waals surface area contributed by atoms with Crippen molar-refractivity contribution in [2.75, 3.05) is 0 Å². The second-order valence-corrected chi connectivity index (χ2v) is 5.16. The summed E-state index contributed by atoms with van der Waals surface area (Å²) in [7, 11) is 0. The highest BCUT2D eigenvalue weighted by atomic mass is 32.1. The molecule has 0 atom stereocenters. The Morgan fingerprint density at radius 2 is 2.35 bits per heavy atom. The molecule has 5 heteroatoms. The van der Waals surface area contributed by atoms with Crippen molar-refractivity contribution in [3.05, 3.63) is 28.8 Å². The van der Waals surface area contributed by atoms with Crippen molar-refractivity contribution < 1.29 is 14.4 Å². The molecular weight excluding hydrogens is 238 g/mol. The predicted molar refractivity (Wildman–Crippen MR) is 65.3 cm³/mol. The molecule has 0 spiro atoms. The number of thiophene rings is 1. The molecule has 0 aliphatic heterocycles. The average Bonchev–Trinajstić information content (AvgIpc) is 2.82. The van der Waals surface area contributed by atoms with Crippen LogP contribution in [0.1, 0.15) is 30.0 Å². The van der Waals surface area contributed by atoms with E-state index in [-0.39, 0.29) is 5.56 Å². The minimum atomic E-state index is -0.981. The summed E-state index contributed by atoms with van der Waals surface area (Å²) in [6.07, 6.45) is 0.583. The SMILES string of the molecule is CC(C)Cc1onc(-c2cccs2)c1C(=O)O. The molecule has 2 heterocycles. The van der Waals surface area contributed by atoms with Crippen LogP contribution in [-0.4, -0.2) is 16.2 Å². The second kappa shape index (κ2) is 4.71. The maximum absolute atomic E-state index is 11.3. The van der Waals surface area contributed by atoms with Gasteiger partial charge in [0.15, 0.2) is 5.76 Å². The molecule has 1 N–H and O–H groups in total. The van der Waals surface area contributed by atoms with Gasteiger partial charge in [0.2, 0.25) is 0 Å². The molecule has 0 radical (unpaired) electrons. The summed E-state index contributed by atoms with van der Waals surface area (Å²) in [5, 5.41) is 15.0. The average molecular weight is 251 g/mol. The van der Waals surface area contributed by atoms with Gasteiger partial charge in [-0.2, -0.15) is 0 Å². The smallest absolute Gasteiger partial charge is 0.341 e. The molecule has 2 aromatic heterocycles. The number of aromatic nitrogens is 1. The molecule has 17 heavy (non-hydrogen) atoms. The molecule has 2 rings (SSSR count). The van der Waals surface area contributed by atoms with Crippen LogP contribution in [0.25, 0.3) is 10.6 Å². The molecular formula is C12H13NO3S. The zero-order valence-electron chi connectivity index (χ0n) is 9.64. The topological polar surface area (TPSA) is 63.3 Å². The molecule has 4 nitrogen and oxygen atoms in total. The number of carboxylic acid groups (broad SMARTS) is 1. The minimum Gasteiger partial charge on any atom is -0.477 e.